The van der Waals surface area contributed by atoms with Gasteiger partial charge in [-0.2, -0.15) is 4.98 Å². The number of amides is 1. The molecule has 1 saturated heterocycles. The zero-order valence-corrected chi connectivity index (χ0v) is 19.0. The van der Waals surface area contributed by atoms with E-state index in [-0.39, 0.29) is 11.8 Å². The van der Waals surface area contributed by atoms with Gasteiger partial charge in [-0.25, -0.2) is 0 Å². The molecular formula is C26H31N5O2. The molecule has 2 aliphatic rings. The van der Waals surface area contributed by atoms with Crippen molar-refractivity contribution in [3.8, 4) is 11.4 Å². The van der Waals surface area contributed by atoms with E-state index in [0.717, 1.165) is 44.6 Å². The Labute approximate surface area is 194 Å². The van der Waals surface area contributed by atoms with Gasteiger partial charge in [-0.05, 0) is 74.4 Å². The van der Waals surface area contributed by atoms with Crippen LogP contribution >= 0.6 is 0 Å². The smallest absolute Gasteiger partial charge is 0.316 e. The zero-order chi connectivity index (χ0) is 22.5. The molecule has 3 aromatic rings. The summed E-state index contributed by atoms with van der Waals surface area (Å²) in [5, 5.41) is 6.92. The standard InChI is InChI=1S/C26H31N5O2/c32-25(27-15-7-19-31-18-6-9-20-8-2-3-10-23(20)31)26-28-24(29-33-26)21-11-13-22(14-12-21)30-16-4-1-5-17-30/h2-3,8,10-14H,1,4-7,9,15-19H2,(H,27,32). The van der Waals surface area contributed by atoms with E-state index >= 15 is 0 Å². The summed E-state index contributed by atoms with van der Waals surface area (Å²) >= 11 is 0. The van der Waals surface area contributed by atoms with Crippen LogP contribution in [0.3, 0.4) is 0 Å². The lowest BCUT2D eigenvalue weighted by Crippen LogP contribution is -2.33. The number of nitrogens with one attached hydrogen (secondary N) is 1. The molecule has 0 unspecified atom stereocenters. The third-order valence-corrected chi connectivity index (χ3v) is 6.56. The van der Waals surface area contributed by atoms with Crippen molar-refractivity contribution in [1.82, 2.24) is 15.5 Å². The van der Waals surface area contributed by atoms with Crippen LogP contribution in [0.5, 0.6) is 0 Å². The fourth-order valence-corrected chi connectivity index (χ4v) is 4.80. The minimum absolute atomic E-state index is 0.00780. The predicted molar refractivity (Wildman–Crippen MR) is 130 cm³/mol. The second-order valence-corrected chi connectivity index (χ2v) is 8.85. The van der Waals surface area contributed by atoms with E-state index < -0.39 is 0 Å². The molecule has 7 heteroatoms. The molecule has 1 amide bonds. The Morgan fingerprint density at radius 2 is 1.79 bits per heavy atom. The number of anilines is 2. The lowest BCUT2D eigenvalue weighted by Gasteiger charge is -2.31. The zero-order valence-electron chi connectivity index (χ0n) is 19.0. The van der Waals surface area contributed by atoms with Crippen LogP contribution in [-0.4, -0.2) is 48.8 Å². The minimum Gasteiger partial charge on any atom is -0.372 e. The van der Waals surface area contributed by atoms with Crippen molar-refractivity contribution in [3.63, 3.8) is 0 Å². The van der Waals surface area contributed by atoms with Crippen LogP contribution in [-0.2, 0) is 6.42 Å². The van der Waals surface area contributed by atoms with E-state index in [1.807, 2.05) is 12.1 Å². The summed E-state index contributed by atoms with van der Waals surface area (Å²) in [5.41, 5.74) is 4.80. The van der Waals surface area contributed by atoms with Crippen LogP contribution in [0, 0.1) is 0 Å². The topological polar surface area (TPSA) is 74.5 Å². The van der Waals surface area contributed by atoms with Gasteiger partial charge in [-0.1, -0.05) is 23.4 Å². The van der Waals surface area contributed by atoms with Crippen LogP contribution < -0.4 is 15.1 Å². The molecule has 7 nitrogen and oxygen atoms in total. The third kappa shape index (κ3) is 5.02. The van der Waals surface area contributed by atoms with Gasteiger partial charge < -0.3 is 19.6 Å². The number of carbonyl (C=O) groups is 1. The molecule has 3 heterocycles. The first kappa shape index (κ1) is 21.5. The summed E-state index contributed by atoms with van der Waals surface area (Å²) in [5.74, 6) is 0.126. The molecule has 33 heavy (non-hydrogen) atoms. The van der Waals surface area contributed by atoms with E-state index in [1.165, 1.54) is 42.6 Å². The number of nitrogens with zero attached hydrogens (tertiary/aromatic N) is 4. The van der Waals surface area contributed by atoms with Gasteiger partial charge >= 0.3 is 11.8 Å². The van der Waals surface area contributed by atoms with Gasteiger partial charge in [0.25, 0.3) is 0 Å². The van der Waals surface area contributed by atoms with Gasteiger partial charge in [0.2, 0.25) is 5.82 Å². The Hall–Kier alpha value is -3.35. The summed E-state index contributed by atoms with van der Waals surface area (Å²) < 4.78 is 5.23. The number of aromatic nitrogens is 2. The molecule has 2 aliphatic heterocycles. The van der Waals surface area contributed by atoms with Gasteiger partial charge in [0.15, 0.2) is 0 Å². The molecule has 0 saturated carbocycles. The van der Waals surface area contributed by atoms with Crippen molar-refractivity contribution < 1.29 is 9.32 Å². The fourth-order valence-electron chi connectivity index (χ4n) is 4.80. The Morgan fingerprint density at radius 1 is 0.970 bits per heavy atom. The van der Waals surface area contributed by atoms with E-state index in [9.17, 15) is 4.79 Å². The number of aryl methyl sites for hydroxylation is 1. The van der Waals surface area contributed by atoms with Crippen molar-refractivity contribution in [3.05, 3.63) is 60.0 Å². The van der Waals surface area contributed by atoms with Gasteiger partial charge in [0.05, 0.1) is 0 Å². The lowest BCUT2D eigenvalue weighted by molar-refractivity contribution is 0.0909. The molecule has 2 aromatic carbocycles. The third-order valence-electron chi connectivity index (χ3n) is 6.56. The Kier molecular flexibility index (Phi) is 6.56. The maximum absolute atomic E-state index is 12.5. The van der Waals surface area contributed by atoms with Crippen LogP contribution in [0.1, 0.15) is 48.4 Å². The molecule has 5 rings (SSSR count). The Bertz CT molecular complexity index is 1070. The van der Waals surface area contributed by atoms with Gasteiger partial charge in [-0.15, -0.1) is 0 Å². The van der Waals surface area contributed by atoms with Gasteiger partial charge in [0, 0.05) is 49.7 Å². The first-order chi connectivity index (χ1) is 16.3. The molecule has 172 valence electrons. The van der Waals surface area contributed by atoms with Crippen LogP contribution in [0.4, 0.5) is 11.4 Å². The van der Waals surface area contributed by atoms with Crippen molar-refractivity contribution in [2.75, 3.05) is 42.5 Å². The summed E-state index contributed by atoms with van der Waals surface area (Å²) in [4.78, 5) is 21.6. The molecule has 0 aliphatic carbocycles. The average molecular weight is 446 g/mol. The number of rotatable bonds is 7. The van der Waals surface area contributed by atoms with E-state index in [1.54, 1.807) is 0 Å². The van der Waals surface area contributed by atoms with Crippen molar-refractivity contribution in [1.29, 1.82) is 0 Å². The fraction of sp³-hybridized carbons (Fsp3) is 0.423. The molecule has 1 aromatic heterocycles. The highest BCUT2D eigenvalue weighted by Crippen LogP contribution is 2.26. The Morgan fingerprint density at radius 3 is 2.64 bits per heavy atom. The monoisotopic (exact) mass is 445 g/mol. The maximum atomic E-state index is 12.5. The molecule has 1 N–H and O–H groups in total. The van der Waals surface area contributed by atoms with Crippen LogP contribution in [0.2, 0.25) is 0 Å². The van der Waals surface area contributed by atoms with Crippen LogP contribution in [0.15, 0.2) is 53.1 Å². The van der Waals surface area contributed by atoms with Crippen molar-refractivity contribution in [2.45, 2.75) is 38.5 Å². The number of hydrogen-bond donors (Lipinski definition) is 1. The highest BCUT2D eigenvalue weighted by molar-refractivity contribution is 5.89. The first-order valence-electron chi connectivity index (χ1n) is 12.1. The molecule has 0 atom stereocenters. The number of hydrogen-bond acceptors (Lipinski definition) is 6. The molecule has 0 radical (unpaired) electrons. The molecule has 1 fully saturated rings. The molecule has 0 spiro atoms. The number of fused-ring (bicyclic) bond motifs is 1. The largest absolute Gasteiger partial charge is 0.372 e. The van der Waals surface area contributed by atoms with Gasteiger partial charge in [-0.3, -0.25) is 4.79 Å². The number of carbonyl (C=O) groups excluding carboxylic acids is 1. The number of benzene rings is 2. The first-order valence-corrected chi connectivity index (χ1v) is 12.1. The van der Waals surface area contributed by atoms with Crippen molar-refractivity contribution in [2.24, 2.45) is 0 Å². The van der Waals surface area contributed by atoms with E-state index in [0.29, 0.717) is 12.4 Å². The van der Waals surface area contributed by atoms with Crippen molar-refractivity contribution >= 4 is 17.3 Å². The quantitative estimate of drug-likeness (QED) is 0.547. The number of para-hydroxylation sites is 1. The number of piperidine rings is 1. The SMILES string of the molecule is O=C(NCCCN1CCCc2ccccc21)c1nc(-c2ccc(N3CCCCC3)cc2)no1. The van der Waals surface area contributed by atoms with Gasteiger partial charge in [0.1, 0.15) is 0 Å². The van der Waals surface area contributed by atoms with Crippen LogP contribution in [0.25, 0.3) is 11.4 Å². The molecule has 0 bridgehead atoms. The second-order valence-electron chi connectivity index (χ2n) is 8.85. The summed E-state index contributed by atoms with van der Waals surface area (Å²) in [7, 11) is 0. The average Bonchev–Trinajstić information content (AvgIpc) is 3.38. The maximum Gasteiger partial charge on any atom is 0.316 e. The summed E-state index contributed by atoms with van der Waals surface area (Å²) in [6.07, 6.45) is 6.98. The summed E-state index contributed by atoms with van der Waals surface area (Å²) in [6.45, 7) is 4.76. The second kappa shape index (κ2) is 10.1. The minimum atomic E-state index is -0.322. The Balaban J connectivity index is 1.12. The van der Waals surface area contributed by atoms with E-state index in [2.05, 4.69) is 61.7 Å². The highest BCUT2D eigenvalue weighted by atomic mass is 16.5. The predicted octanol–water partition coefficient (Wildman–Crippen LogP) is 4.30. The van der Waals surface area contributed by atoms with E-state index in [4.69, 9.17) is 4.52 Å². The summed E-state index contributed by atoms with van der Waals surface area (Å²) in [6, 6.07) is 16.8. The molecular weight excluding hydrogens is 414 g/mol. The normalized spacial score (nSPS) is 15.9. The highest BCUT2D eigenvalue weighted by Gasteiger charge is 2.18. The lowest BCUT2D eigenvalue weighted by atomic mass is 10.0.